The lowest BCUT2D eigenvalue weighted by atomic mass is 10.2. The first-order valence-corrected chi connectivity index (χ1v) is 5.28. The Bertz CT molecular complexity index is 660. The zero-order valence-electron chi connectivity index (χ0n) is 8.81. The molecule has 0 aliphatic heterocycles. The van der Waals surface area contributed by atoms with Gasteiger partial charge in [-0.05, 0) is 17.7 Å². The van der Waals surface area contributed by atoms with E-state index in [1.165, 1.54) is 16.8 Å². The minimum atomic E-state index is -0.453. The van der Waals surface area contributed by atoms with E-state index in [0.29, 0.717) is 17.3 Å². The van der Waals surface area contributed by atoms with E-state index in [2.05, 4.69) is 4.98 Å². The summed E-state index contributed by atoms with van der Waals surface area (Å²) >= 11 is 5.79. The van der Waals surface area contributed by atoms with Gasteiger partial charge in [-0.3, -0.25) is 14.3 Å². The highest BCUT2D eigenvalue weighted by atomic mass is 35.5. The zero-order valence-corrected chi connectivity index (χ0v) is 9.57. The van der Waals surface area contributed by atoms with Crippen LogP contribution < -0.4 is 17.0 Å². The lowest BCUT2D eigenvalue weighted by Gasteiger charge is -2.06. The summed E-state index contributed by atoms with van der Waals surface area (Å²) in [7, 11) is 0. The zero-order chi connectivity index (χ0) is 12.4. The van der Waals surface area contributed by atoms with Crippen molar-refractivity contribution in [3.05, 3.63) is 61.9 Å². The van der Waals surface area contributed by atoms with Gasteiger partial charge in [0.1, 0.15) is 0 Å². The molecule has 0 saturated heterocycles. The number of rotatable bonds is 2. The number of hydrogen-bond acceptors (Lipinski definition) is 3. The first-order valence-electron chi connectivity index (χ1n) is 4.90. The number of benzene rings is 1. The Morgan fingerprint density at radius 1 is 1.29 bits per heavy atom. The largest absolute Gasteiger partial charge is 0.398 e. The van der Waals surface area contributed by atoms with Crippen molar-refractivity contribution in [3.8, 4) is 0 Å². The Morgan fingerprint density at radius 2 is 2.06 bits per heavy atom. The molecule has 5 nitrogen and oxygen atoms in total. The second-order valence-corrected chi connectivity index (χ2v) is 4.00. The summed E-state index contributed by atoms with van der Waals surface area (Å²) in [4.78, 5) is 24.5. The molecule has 0 unspecified atom stereocenters. The van der Waals surface area contributed by atoms with Crippen LogP contribution in [0.15, 0.2) is 40.1 Å². The van der Waals surface area contributed by atoms with Crippen molar-refractivity contribution in [3.63, 3.8) is 0 Å². The van der Waals surface area contributed by atoms with Crippen LogP contribution in [0.25, 0.3) is 0 Å². The molecule has 0 radical (unpaired) electrons. The maximum atomic E-state index is 11.4. The van der Waals surface area contributed by atoms with Crippen LogP contribution in [-0.4, -0.2) is 9.55 Å². The number of H-pyrrole nitrogens is 1. The fourth-order valence-electron chi connectivity index (χ4n) is 1.46. The Morgan fingerprint density at radius 3 is 2.71 bits per heavy atom. The molecule has 2 rings (SSSR count). The van der Waals surface area contributed by atoms with Crippen molar-refractivity contribution < 1.29 is 0 Å². The molecule has 1 aromatic carbocycles. The number of nitrogens with two attached hydrogens (primary N) is 1. The first kappa shape index (κ1) is 11.5. The number of anilines is 1. The maximum absolute atomic E-state index is 11.4. The lowest BCUT2D eigenvalue weighted by molar-refractivity contribution is 0.721. The number of halogens is 1. The summed E-state index contributed by atoms with van der Waals surface area (Å²) in [6, 6.07) is 6.43. The summed E-state index contributed by atoms with van der Waals surface area (Å²) < 4.78 is 1.38. The van der Waals surface area contributed by atoms with Crippen LogP contribution in [-0.2, 0) is 6.54 Å². The number of nitrogen functional groups attached to an aromatic ring is 1. The van der Waals surface area contributed by atoms with Crippen LogP contribution in [0.3, 0.4) is 0 Å². The Labute approximate surface area is 101 Å². The van der Waals surface area contributed by atoms with Crippen molar-refractivity contribution in [2.24, 2.45) is 0 Å². The summed E-state index contributed by atoms with van der Waals surface area (Å²) in [5, 5.41) is 0.475. The molecule has 0 aliphatic carbocycles. The highest BCUT2D eigenvalue weighted by Crippen LogP contribution is 2.19. The molecule has 1 aromatic heterocycles. The fourth-order valence-corrected chi connectivity index (χ4v) is 1.57. The summed E-state index contributed by atoms with van der Waals surface area (Å²) in [6.07, 6.45) is 1.44. The molecule has 0 amide bonds. The third kappa shape index (κ3) is 2.57. The van der Waals surface area contributed by atoms with Gasteiger partial charge in [-0.25, -0.2) is 4.79 Å². The molecular formula is C11H10ClN3O2. The van der Waals surface area contributed by atoms with Gasteiger partial charge in [0.25, 0.3) is 5.56 Å². The molecule has 0 spiro atoms. The number of aromatic amines is 1. The van der Waals surface area contributed by atoms with E-state index in [0.717, 1.165) is 5.56 Å². The highest BCUT2D eigenvalue weighted by Gasteiger charge is 2.01. The first-order chi connectivity index (χ1) is 8.06. The molecule has 3 N–H and O–H groups in total. The van der Waals surface area contributed by atoms with Crippen LogP contribution in [0.4, 0.5) is 5.69 Å². The van der Waals surface area contributed by atoms with Gasteiger partial charge in [-0.1, -0.05) is 17.7 Å². The average Bonchev–Trinajstić information content (AvgIpc) is 2.27. The Hall–Kier alpha value is -2.01. The summed E-state index contributed by atoms with van der Waals surface area (Å²) in [6.45, 7) is 0.330. The standard InChI is InChI=1S/C11H10ClN3O2/c12-8-2-1-7(5-9(8)13)6-15-4-3-10(16)14-11(15)17/h1-5H,6,13H2,(H,14,16,17). The van der Waals surface area contributed by atoms with Gasteiger partial charge in [0.2, 0.25) is 0 Å². The van der Waals surface area contributed by atoms with Gasteiger partial charge in [-0.2, -0.15) is 0 Å². The van der Waals surface area contributed by atoms with Gasteiger partial charge in [-0.15, -0.1) is 0 Å². The third-order valence-corrected chi connectivity index (χ3v) is 2.65. The van der Waals surface area contributed by atoms with Crippen molar-refractivity contribution >= 4 is 17.3 Å². The predicted molar refractivity (Wildman–Crippen MR) is 66.3 cm³/mol. The van der Waals surface area contributed by atoms with Gasteiger partial charge in [0.15, 0.2) is 0 Å². The SMILES string of the molecule is Nc1cc(Cn2ccc(=O)[nH]c2=O)ccc1Cl. The highest BCUT2D eigenvalue weighted by molar-refractivity contribution is 6.33. The van der Waals surface area contributed by atoms with E-state index < -0.39 is 11.2 Å². The van der Waals surface area contributed by atoms with Crippen molar-refractivity contribution in [1.29, 1.82) is 0 Å². The number of hydrogen-bond donors (Lipinski definition) is 2. The monoisotopic (exact) mass is 251 g/mol. The minimum Gasteiger partial charge on any atom is -0.398 e. The molecule has 6 heteroatoms. The van der Waals surface area contributed by atoms with Crippen LogP contribution in [0, 0.1) is 0 Å². The Kier molecular flexibility index (Phi) is 3.01. The van der Waals surface area contributed by atoms with Crippen molar-refractivity contribution in [1.82, 2.24) is 9.55 Å². The quantitative estimate of drug-likeness (QED) is 0.776. The molecule has 2 aromatic rings. The molecule has 0 aliphatic rings. The summed E-state index contributed by atoms with van der Waals surface area (Å²) in [5.74, 6) is 0. The number of aromatic nitrogens is 2. The molecule has 0 saturated carbocycles. The van der Waals surface area contributed by atoms with E-state index in [1.54, 1.807) is 18.2 Å². The molecule has 0 bridgehead atoms. The second-order valence-electron chi connectivity index (χ2n) is 3.59. The lowest BCUT2D eigenvalue weighted by Crippen LogP contribution is -2.28. The fraction of sp³-hybridized carbons (Fsp3) is 0.0909. The van der Waals surface area contributed by atoms with E-state index in [4.69, 9.17) is 17.3 Å². The third-order valence-electron chi connectivity index (χ3n) is 2.31. The van der Waals surface area contributed by atoms with Gasteiger partial charge >= 0.3 is 5.69 Å². The predicted octanol–water partition coefficient (Wildman–Crippen LogP) is 0.821. The van der Waals surface area contributed by atoms with Gasteiger partial charge < -0.3 is 5.73 Å². The molecule has 88 valence electrons. The van der Waals surface area contributed by atoms with E-state index in [1.807, 2.05) is 0 Å². The van der Waals surface area contributed by atoms with Crippen LogP contribution in [0.2, 0.25) is 5.02 Å². The van der Waals surface area contributed by atoms with Gasteiger partial charge in [0, 0.05) is 12.3 Å². The summed E-state index contributed by atoms with van der Waals surface area (Å²) in [5.41, 5.74) is 6.09. The van der Waals surface area contributed by atoms with E-state index in [9.17, 15) is 9.59 Å². The van der Waals surface area contributed by atoms with E-state index in [-0.39, 0.29) is 0 Å². The topological polar surface area (TPSA) is 80.9 Å². The Balaban J connectivity index is 2.35. The normalized spacial score (nSPS) is 10.4. The minimum absolute atomic E-state index is 0.330. The van der Waals surface area contributed by atoms with Gasteiger partial charge in [0.05, 0.1) is 17.3 Å². The molecule has 17 heavy (non-hydrogen) atoms. The second kappa shape index (κ2) is 4.47. The van der Waals surface area contributed by atoms with Crippen LogP contribution >= 0.6 is 11.6 Å². The number of nitrogens with zero attached hydrogens (tertiary/aromatic N) is 1. The molecule has 0 fully saturated rings. The van der Waals surface area contributed by atoms with Crippen LogP contribution in [0.5, 0.6) is 0 Å². The van der Waals surface area contributed by atoms with Crippen LogP contribution in [0.1, 0.15) is 5.56 Å². The van der Waals surface area contributed by atoms with Crippen molar-refractivity contribution in [2.45, 2.75) is 6.54 Å². The maximum Gasteiger partial charge on any atom is 0.328 e. The molecule has 0 atom stereocenters. The number of nitrogens with one attached hydrogen (secondary N) is 1. The average molecular weight is 252 g/mol. The smallest absolute Gasteiger partial charge is 0.328 e. The van der Waals surface area contributed by atoms with E-state index >= 15 is 0 Å². The molecule has 1 heterocycles. The van der Waals surface area contributed by atoms with Crippen molar-refractivity contribution in [2.75, 3.05) is 5.73 Å². The molecular weight excluding hydrogens is 242 g/mol.